The number of rotatable bonds is 1. The molecule has 0 aliphatic rings. The molecule has 0 aromatic carbocycles. The molecule has 0 fully saturated rings. The Balaban J connectivity index is 3.49. The third-order valence-corrected chi connectivity index (χ3v) is 3.92. The van der Waals surface area contributed by atoms with E-state index in [4.69, 9.17) is 0 Å². The second-order valence-electron chi connectivity index (χ2n) is 2.49. The number of alkyl halides is 5. The lowest BCUT2D eigenvalue weighted by atomic mass is 10.1. The summed E-state index contributed by atoms with van der Waals surface area (Å²) in [6, 6.07) is 0. The maximum Gasteiger partial charge on any atom is 0.418 e. The predicted molar refractivity (Wildman–Crippen MR) is 54.6 cm³/mol. The summed E-state index contributed by atoms with van der Waals surface area (Å²) in [7, 11) is 0. The first-order valence-electron chi connectivity index (χ1n) is 3.44. The van der Waals surface area contributed by atoms with Gasteiger partial charge in [-0.3, -0.25) is 0 Å². The average molecular weight is 402 g/mol. The molecule has 0 aliphatic heterocycles. The van der Waals surface area contributed by atoms with Crippen molar-refractivity contribution in [1.29, 1.82) is 0 Å². The van der Waals surface area contributed by atoms with Crippen LogP contribution in [-0.4, -0.2) is 4.98 Å². The Kier molecular flexibility index (Phi) is 3.90. The second kappa shape index (κ2) is 4.48. The van der Waals surface area contributed by atoms with Crippen LogP contribution in [0, 0.1) is 3.57 Å². The Morgan fingerprint density at radius 1 is 1.33 bits per heavy atom. The third kappa shape index (κ3) is 2.77. The molecule has 1 aromatic rings. The normalized spacial score (nSPS) is 12.3. The van der Waals surface area contributed by atoms with E-state index >= 15 is 0 Å². The maximum atomic E-state index is 12.5. The van der Waals surface area contributed by atoms with E-state index in [-0.39, 0.29) is 8.17 Å². The highest BCUT2D eigenvalue weighted by atomic mass is 127. The summed E-state index contributed by atoms with van der Waals surface area (Å²) in [5, 5.41) is 0. The molecule has 0 bridgehead atoms. The van der Waals surface area contributed by atoms with Gasteiger partial charge < -0.3 is 0 Å². The van der Waals surface area contributed by atoms with Crippen LogP contribution in [0.3, 0.4) is 0 Å². The van der Waals surface area contributed by atoms with Crippen LogP contribution < -0.4 is 0 Å². The lowest BCUT2D eigenvalue weighted by Crippen LogP contribution is -2.13. The van der Waals surface area contributed by atoms with Gasteiger partial charge in [-0.2, -0.15) is 13.2 Å². The highest BCUT2D eigenvalue weighted by Gasteiger charge is 2.39. The molecule has 1 heterocycles. The van der Waals surface area contributed by atoms with Crippen LogP contribution >= 0.6 is 38.5 Å². The van der Waals surface area contributed by atoms with Crippen LogP contribution in [0.25, 0.3) is 0 Å². The van der Waals surface area contributed by atoms with Gasteiger partial charge in [-0.05, 0) is 38.5 Å². The van der Waals surface area contributed by atoms with Gasteiger partial charge in [-0.1, -0.05) is 0 Å². The first-order chi connectivity index (χ1) is 6.75. The van der Waals surface area contributed by atoms with Gasteiger partial charge in [0.25, 0.3) is 6.43 Å². The molecule has 1 rings (SSSR count). The second-order valence-corrected chi connectivity index (χ2v) is 4.32. The van der Waals surface area contributed by atoms with Crippen molar-refractivity contribution in [2.24, 2.45) is 0 Å². The minimum atomic E-state index is -4.81. The Bertz CT molecular complexity index is 378. The van der Waals surface area contributed by atoms with Crippen molar-refractivity contribution in [3.05, 3.63) is 25.5 Å². The molecular formula is C7H2BrF5IN. The quantitative estimate of drug-likeness (QED) is 0.386. The molecule has 0 radical (unpaired) electrons. The molecular weight excluding hydrogens is 400 g/mol. The van der Waals surface area contributed by atoms with E-state index in [9.17, 15) is 22.0 Å². The van der Waals surface area contributed by atoms with Gasteiger partial charge in [0, 0.05) is 11.8 Å². The molecule has 0 atom stereocenters. The molecule has 1 nitrogen and oxygen atoms in total. The van der Waals surface area contributed by atoms with Gasteiger partial charge >= 0.3 is 6.18 Å². The smallest absolute Gasteiger partial charge is 0.248 e. The highest BCUT2D eigenvalue weighted by molar-refractivity contribution is 14.1. The van der Waals surface area contributed by atoms with Gasteiger partial charge in [0.05, 0.1) is 9.13 Å². The van der Waals surface area contributed by atoms with Crippen LogP contribution in [0.1, 0.15) is 17.6 Å². The monoisotopic (exact) mass is 401 g/mol. The van der Waals surface area contributed by atoms with Gasteiger partial charge in [-0.25, -0.2) is 13.8 Å². The fourth-order valence-corrected chi connectivity index (χ4v) is 1.99. The van der Waals surface area contributed by atoms with Crippen molar-refractivity contribution in [3.8, 4) is 0 Å². The molecule has 0 spiro atoms. The topological polar surface area (TPSA) is 12.9 Å². The zero-order valence-corrected chi connectivity index (χ0v) is 10.5. The van der Waals surface area contributed by atoms with Crippen molar-refractivity contribution in [2.75, 3.05) is 0 Å². The van der Waals surface area contributed by atoms with E-state index < -0.39 is 23.7 Å². The average Bonchev–Trinajstić information content (AvgIpc) is 2.06. The standard InChI is InChI=1S/C7H2BrF5IN/c8-5-4(14)3(7(11,12)13)2(1-15-5)6(9)10/h1,6H. The van der Waals surface area contributed by atoms with E-state index in [1.54, 1.807) is 0 Å². The molecule has 0 amide bonds. The Morgan fingerprint density at radius 2 is 1.87 bits per heavy atom. The van der Waals surface area contributed by atoms with E-state index in [1.807, 2.05) is 0 Å². The van der Waals surface area contributed by atoms with Crippen LogP contribution in [0.2, 0.25) is 0 Å². The Labute approximate surface area is 103 Å². The number of aromatic nitrogens is 1. The SMILES string of the molecule is FC(F)c1cnc(Br)c(I)c1C(F)(F)F. The van der Waals surface area contributed by atoms with Crippen molar-refractivity contribution in [3.63, 3.8) is 0 Å². The maximum absolute atomic E-state index is 12.5. The summed E-state index contributed by atoms with van der Waals surface area (Å²) in [5.41, 5.74) is -2.44. The fraction of sp³-hybridized carbons (Fsp3) is 0.286. The largest absolute Gasteiger partial charge is 0.418 e. The van der Waals surface area contributed by atoms with Gasteiger partial charge in [0.2, 0.25) is 0 Å². The molecule has 1 aromatic heterocycles. The van der Waals surface area contributed by atoms with Crippen molar-refractivity contribution < 1.29 is 22.0 Å². The van der Waals surface area contributed by atoms with Gasteiger partial charge in [0.1, 0.15) is 4.60 Å². The van der Waals surface area contributed by atoms with Crippen LogP contribution in [0.4, 0.5) is 22.0 Å². The summed E-state index contributed by atoms with van der Waals surface area (Å²) in [6.07, 6.45) is -7.48. The summed E-state index contributed by atoms with van der Waals surface area (Å²) in [6.45, 7) is 0. The Morgan fingerprint density at radius 3 is 2.27 bits per heavy atom. The minimum Gasteiger partial charge on any atom is -0.248 e. The van der Waals surface area contributed by atoms with Crippen molar-refractivity contribution in [1.82, 2.24) is 4.98 Å². The van der Waals surface area contributed by atoms with Crippen molar-refractivity contribution in [2.45, 2.75) is 12.6 Å². The highest BCUT2D eigenvalue weighted by Crippen LogP contribution is 2.40. The van der Waals surface area contributed by atoms with Gasteiger partial charge in [-0.15, -0.1) is 0 Å². The zero-order valence-electron chi connectivity index (χ0n) is 6.75. The van der Waals surface area contributed by atoms with E-state index in [0.29, 0.717) is 6.20 Å². The first kappa shape index (κ1) is 13.1. The predicted octanol–water partition coefficient (Wildman–Crippen LogP) is 4.41. The molecule has 0 aliphatic carbocycles. The van der Waals surface area contributed by atoms with Crippen LogP contribution in [-0.2, 0) is 6.18 Å². The zero-order chi connectivity index (χ0) is 11.8. The lowest BCUT2D eigenvalue weighted by molar-refractivity contribution is -0.140. The van der Waals surface area contributed by atoms with Crippen LogP contribution in [0.15, 0.2) is 10.8 Å². The molecule has 0 saturated heterocycles. The summed E-state index contributed by atoms with van der Waals surface area (Å²) >= 11 is 4.08. The molecule has 0 unspecified atom stereocenters. The van der Waals surface area contributed by atoms with E-state index in [0.717, 1.165) is 0 Å². The fourth-order valence-electron chi connectivity index (χ4n) is 0.931. The molecule has 0 saturated carbocycles. The summed E-state index contributed by atoms with van der Waals surface area (Å²) in [4.78, 5) is 3.40. The number of pyridine rings is 1. The number of hydrogen-bond acceptors (Lipinski definition) is 1. The van der Waals surface area contributed by atoms with Crippen LogP contribution in [0.5, 0.6) is 0 Å². The first-order valence-corrected chi connectivity index (χ1v) is 5.31. The number of hydrogen-bond donors (Lipinski definition) is 0. The number of nitrogens with zero attached hydrogens (tertiary/aromatic N) is 1. The lowest BCUT2D eigenvalue weighted by Gasteiger charge is -2.14. The molecule has 15 heavy (non-hydrogen) atoms. The van der Waals surface area contributed by atoms with Crippen molar-refractivity contribution >= 4 is 38.5 Å². The summed E-state index contributed by atoms with van der Waals surface area (Å²) < 4.78 is 61.5. The van der Waals surface area contributed by atoms with E-state index in [2.05, 4.69) is 20.9 Å². The minimum absolute atomic E-state index is 0.0974. The van der Waals surface area contributed by atoms with Gasteiger partial charge in [0.15, 0.2) is 0 Å². The Hall–Kier alpha value is 0.01000. The molecule has 8 heteroatoms. The third-order valence-electron chi connectivity index (χ3n) is 1.52. The van der Waals surface area contributed by atoms with E-state index in [1.165, 1.54) is 22.6 Å². The molecule has 84 valence electrons. The summed E-state index contributed by atoms with van der Waals surface area (Å²) in [5.74, 6) is 0. The number of halogens is 7. The molecule has 0 N–H and O–H groups in total.